The predicted molar refractivity (Wildman–Crippen MR) is 111 cm³/mol. The molecule has 0 aliphatic rings. The fourth-order valence-corrected chi connectivity index (χ4v) is 3.66. The van der Waals surface area contributed by atoms with Crippen molar-refractivity contribution in [1.82, 2.24) is 14.9 Å². The highest BCUT2D eigenvalue weighted by Crippen LogP contribution is 2.34. The molecule has 1 aromatic heterocycles. The van der Waals surface area contributed by atoms with Crippen LogP contribution in [0.15, 0.2) is 41.6 Å². The minimum atomic E-state index is -4.56. The van der Waals surface area contributed by atoms with Crippen molar-refractivity contribution in [2.45, 2.75) is 11.3 Å². The normalized spacial score (nSPS) is 11.5. The monoisotopic (exact) mass is 495 g/mol. The third-order valence-corrected chi connectivity index (χ3v) is 5.56. The minimum Gasteiger partial charge on any atom is -0.335 e. The van der Waals surface area contributed by atoms with Crippen molar-refractivity contribution < 1.29 is 18.0 Å². The van der Waals surface area contributed by atoms with Crippen LogP contribution in [-0.2, 0) is 11.0 Å². The summed E-state index contributed by atoms with van der Waals surface area (Å²) in [5.74, 6) is 5.43. The number of nitrogen functional groups attached to an aromatic ring is 1. The van der Waals surface area contributed by atoms with Crippen LogP contribution >= 0.6 is 46.6 Å². The summed E-state index contributed by atoms with van der Waals surface area (Å²) >= 11 is 18.8. The molecule has 0 atom stereocenters. The summed E-state index contributed by atoms with van der Waals surface area (Å²) in [5, 5.41) is 11.1. The summed E-state index contributed by atoms with van der Waals surface area (Å²) in [6.45, 7) is 0. The molecule has 2 aromatic carbocycles. The van der Waals surface area contributed by atoms with E-state index in [2.05, 4.69) is 15.5 Å². The molecule has 0 saturated heterocycles. The van der Waals surface area contributed by atoms with Gasteiger partial charge < -0.3 is 11.2 Å². The quantitative estimate of drug-likeness (QED) is 0.366. The van der Waals surface area contributed by atoms with Gasteiger partial charge in [-0.2, -0.15) is 13.2 Å². The lowest BCUT2D eigenvalue weighted by Gasteiger charge is -2.11. The lowest BCUT2D eigenvalue weighted by molar-refractivity contribution is -0.137. The van der Waals surface area contributed by atoms with Crippen LogP contribution in [0.4, 0.5) is 18.9 Å². The van der Waals surface area contributed by atoms with Crippen LogP contribution in [0.25, 0.3) is 11.4 Å². The number of hydrogen-bond acceptors (Lipinski definition) is 5. The average Bonchev–Trinajstić information content (AvgIpc) is 3.01. The highest BCUT2D eigenvalue weighted by Gasteiger charge is 2.31. The van der Waals surface area contributed by atoms with Gasteiger partial charge in [-0.15, -0.1) is 10.2 Å². The lowest BCUT2D eigenvalue weighted by atomic mass is 10.2. The van der Waals surface area contributed by atoms with Crippen molar-refractivity contribution in [3.8, 4) is 11.4 Å². The van der Waals surface area contributed by atoms with Crippen LogP contribution in [0.1, 0.15) is 5.56 Å². The Balaban J connectivity index is 1.70. The van der Waals surface area contributed by atoms with Gasteiger partial charge in [0.1, 0.15) is 0 Å². The molecule has 3 aromatic rings. The first-order valence-corrected chi connectivity index (χ1v) is 10.1. The summed E-state index contributed by atoms with van der Waals surface area (Å²) in [6, 6.07) is 7.40. The van der Waals surface area contributed by atoms with E-state index in [0.29, 0.717) is 15.6 Å². The van der Waals surface area contributed by atoms with Crippen molar-refractivity contribution in [3.63, 3.8) is 0 Å². The molecule has 0 spiro atoms. The van der Waals surface area contributed by atoms with Gasteiger partial charge in [0.15, 0.2) is 5.82 Å². The van der Waals surface area contributed by atoms with Gasteiger partial charge in [0.25, 0.3) is 0 Å². The molecule has 0 unspecified atom stereocenters. The molecule has 0 fully saturated rings. The van der Waals surface area contributed by atoms with Crippen molar-refractivity contribution in [1.29, 1.82) is 0 Å². The molecule has 3 N–H and O–H groups in total. The van der Waals surface area contributed by atoms with Gasteiger partial charge in [0.2, 0.25) is 11.1 Å². The molecular weight excluding hydrogens is 486 g/mol. The Morgan fingerprint density at radius 2 is 1.83 bits per heavy atom. The number of carbonyl (C=O) groups excluding carboxylic acids is 1. The SMILES string of the molecule is Nn1c(SCC(=O)Nc2cc(C(F)(F)F)ccc2Cl)nnc1-c1ccc(Cl)cc1Cl. The predicted octanol–water partition coefficient (Wildman–Crippen LogP) is 5.37. The first-order valence-electron chi connectivity index (χ1n) is 8.01. The minimum absolute atomic E-state index is 0.0250. The first-order chi connectivity index (χ1) is 14.1. The number of carbonyl (C=O) groups is 1. The van der Waals surface area contributed by atoms with Crippen LogP contribution in [0.2, 0.25) is 15.1 Å². The first kappa shape index (κ1) is 22.5. The highest BCUT2D eigenvalue weighted by molar-refractivity contribution is 7.99. The number of hydrogen-bond donors (Lipinski definition) is 2. The Bertz CT molecular complexity index is 1110. The number of nitrogens with zero attached hydrogens (tertiary/aromatic N) is 3. The zero-order valence-electron chi connectivity index (χ0n) is 14.7. The number of anilines is 1. The van der Waals surface area contributed by atoms with Gasteiger partial charge in [-0.25, -0.2) is 4.68 Å². The largest absolute Gasteiger partial charge is 0.416 e. The van der Waals surface area contributed by atoms with Gasteiger partial charge in [0.05, 0.1) is 27.0 Å². The summed E-state index contributed by atoms with van der Waals surface area (Å²) in [5.41, 5.74) is -0.593. The van der Waals surface area contributed by atoms with Crippen molar-refractivity contribution in [3.05, 3.63) is 57.0 Å². The molecule has 0 radical (unpaired) electrons. The second kappa shape index (κ2) is 8.93. The molecule has 30 heavy (non-hydrogen) atoms. The van der Waals surface area contributed by atoms with Gasteiger partial charge in [-0.3, -0.25) is 4.79 Å². The second-order valence-corrected chi connectivity index (χ2v) is 8.02. The van der Waals surface area contributed by atoms with E-state index in [1.165, 1.54) is 6.07 Å². The third kappa shape index (κ3) is 5.12. The molecule has 6 nitrogen and oxygen atoms in total. The summed E-state index contributed by atoms with van der Waals surface area (Å²) in [6.07, 6.45) is -4.56. The number of nitrogens with two attached hydrogens (primary N) is 1. The maximum Gasteiger partial charge on any atom is 0.416 e. The number of rotatable bonds is 5. The number of aromatic nitrogens is 3. The van der Waals surface area contributed by atoms with Gasteiger partial charge in [-0.1, -0.05) is 46.6 Å². The third-order valence-electron chi connectivity index (χ3n) is 3.74. The van der Waals surface area contributed by atoms with E-state index >= 15 is 0 Å². The number of amides is 1. The second-order valence-electron chi connectivity index (χ2n) is 5.83. The van der Waals surface area contributed by atoms with E-state index in [1.807, 2.05) is 0 Å². The maximum atomic E-state index is 12.8. The maximum absolute atomic E-state index is 12.8. The Labute approximate surface area is 187 Å². The molecule has 1 heterocycles. The summed E-state index contributed by atoms with van der Waals surface area (Å²) < 4.78 is 39.6. The Morgan fingerprint density at radius 3 is 2.50 bits per heavy atom. The molecular formula is C17H11Cl3F3N5OS. The van der Waals surface area contributed by atoms with E-state index in [4.69, 9.17) is 40.6 Å². The fraction of sp³-hybridized carbons (Fsp3) is 0.118. The van der Waals surface area contributed by atoms with E-state index < -0.39 is 17.6 Å². The molecule has 0 aliphatic heterocycles. The van der Waals surface area contributed by atoms with Crippen molar-refractivity contribution in [2.75, 3.05) is 16.9 Å². The number of benzene rings is 2. The fourth-order valence-electron chi connectivity index (χ4n) is 2.34. The van der Waals surface area contributed by atoms with E-state index in [-0.39, 0.29) is 27.4 Å². The smallest absolute Gasteiger partial charge is 0.335 e. The number of thioether (sulfide) groups is 1. The molecule has 13 heteroatoms. The Hall–Kier alpha value is -2.14. The zero-order valence-corrected chi connectivity index (χ0v) is 17.8. The summed E-state index contributed by atoms with van der Waals surface area (Å²) in [4.78, 5) is 12.2. The molecule has 158 valence electrons. The van der Waals surface area contributed by atoms with E-state index in [1.54, 1.807) is 12.1 Å². The molecule has 0 aliphatic carbocycles. The van der Waals surface area contributed by atoms with Gasteiger partial charge in [0, 0.05) is 10.6 Å². The highest BCUT2D eigenvalue weighted by atomic mass is 35.5. The van der Waals surface area contributed by atoms with Crippen LogP contribution in [0.3, 0.4) is 0 Å². The van der Waals surface area contributed by atoms with Crippen LogP contribution in [0.5, 0.6) is 0 Å². The number of alkyl halides is 3. The number of nitrogens with one attached hydrogen (secondary N) is 1. The average molecular weight is 497 g/mol. The number of halogens is 6. The summed E-state index contributed by atoms with van der Waals surface area (Å²) in [7, 11) is 0. The zero-order chi connectivity index (χ0) is 22.1. The van der Waals surface area contributed by atoms with Crippen molar-refractivity contribution in [2.24, 2.45) is 0 Å². The van der Waals surface area contributed by atoms with Crippen LogP contribution in [-0.4, -0.2) is 26.5 Å². The lowest BCUT2D eigenvalue weighted by Crippen LogP contribution is -2.17. The van der Waals surface area contributed by atoms with E-state index in [0.717, 1.165) is 34.6 Å². The molecule has 0 saturated carbocycles. The Morgan fingerprint density at radius 1 is 1.10 bits per heavy atom. The molecule has 0 bridgehead atoms. The van der Waals surface area contributed by atoms with Crippen molar-refractivity contribution >= 4 is 58.2 Å². The Kier molecular flexibility index (Phi) is 6.71. The van der Waals surface area contributed by atoms with Crippen LogP contribution in [0, 0.1) is 0 Å². The van der Waals surface area contributed by atoms with E-state index in [9.17, 15) is 18.0 Å². The molecule has 1 amide bonds. The topological polar surface area (TPSA) is 85.8 Å². The van der Waals surface area contributed by atoms with Gasteiger partial charge >= 0.3 is 6.18 Å². The standard InChI is InChI=1S/C17H11Cl3F3N5OS/c18-9-2-3-10(12(20)6-9)15-26-27-16(28(15)24)30-7-14(29)25-13-5-8(17(21,22)23)1-4-11(13)19/h1-6H,7,24H2,(H,25,29). The van der Waals surface area contributed by atoms with Crippen LogP contribution < -0.4 is 11.2 Å². The molecule has 3 rings (SSSR count). The van der Waals surface area contributed by atoms with Gasteiger partial charge in [-0.05, 0) is 36.4 Å².